The topological polar surface area (TPSA) is 32.5 Å². The molecule has 20 heavy (non-hydrogen) atoms. The van der Waals surface area contributed by atoms with Crippen LogP contribution < -0.4 is 5.73 Å². The van der Waals surface area contributed by atoms with Gasteiger partial charge in [0.1, 0.15) is 5.82 Å². The molecular weight excluding hydrogens is 277 g/mol. The lowest BCUT2D eigenvalue weighted by Crippen LogP contribution is -2.51. The van der Waals surface area contributed by atoms with Gasteiger partial charge in [0.15, 0.2) is 0 Å². The van der Waals surface area contributed by atoms with Crippen molar-refractivity contribution >= 4 is 11.6 Å². The fourth-order valence-corrected chi connectivity index (χ4v) is 2.96. The molecule has 2 N–H and O–H groups in total. The van der Waals surface area contributed by atoms with Crippen molar-refractivity contribution < 1.29 is 4.39 Å². The number of hydrogen-bond donors (Lipinski definition) is 1. The molecule has 2 unspecified atom stereocenters. The summed E-state index contributed by atoms with van der Waals surface area (Å²) in [5.41, 5.74) is 7.27. The van der Waals surface area contributed by atoms with Crippen molar-refractivity contribution in [2.24, 2.45) is 5.73 Å². The van der Waals surface area contributed by atoms with E-state index in [2.05, 4.69) is 23.9 Å². The number of halogens is 2. The van der Waals surface area contributed by atoms with E-state index in [1.165, 1.54) is 6.07 Å². The third-order valence-corrected chi connectivity index (χ3v) is 4.37. The minimum absolute atomic E-state index is 0.0128. The van der Waals surface area contributed by atoms with Crippen molar-refractivity contribution in [1.29, 1.82) is 0 Å². The molecule has 2 atom stereocenters. The minimum atomic E-state index is -0.372. The zero-order valence-electron chi connectivity index (χ0n) is 12.1. The van der Waals surface area contributed by atoms with Crippen LogP contribution in [0.2, 0.25) is 5.02 Å². The van der Waals surface area contributed by atoms with Gasteiger partial charge >= 0.3 is 0 Å². The van der Waals surface area contributed by atoms with E-state index in [9.17, 15) is 4.39 Å². The Bertz CT molecular complexity index is 455. The first-order valence-electron chi connectivity index (χ1n) is 7.05. The maximum Gasteiger partial charge on any atom is 0.142 e. The molecule has 5 heteroatoms. The summed E-state index contributed by atoms with van der Waals surface area (Å²) >= 11 is 5.71. The van der Waals surface area contributed by atoms with E-state index in [0.717, 1.165) is 31.6 Å². The van der Waals surface area contributed by atoms with Crippen LogP contribution in [0.1, 0.15) is 12.0 Å². The van der Waals surface area contributed by atoms with E-state index in [-0.39, 0.29) is 16.9 Å². The molecule has 1 aliphatic heterocycles. The predicted molar refractivity (Wildman–Crippen MR) is 81.6 cm³/mol. The molecule has 1 saturated heterocycles. The molecule has 1 aliphatic rings. The monoisotopic (exact) mass is 299 g/mol. The van der Waals surface area contributed by atoms with Gasteiger partial charge in [-0.1, -0.05) is 17.7 Å². The third kappa shape index (κ3) is 3.92. The lowest BCUT2D eigenvalue weighted by Gasteiger charge is -2.32. The number of likely N-dealkylation sites (N-methyl/N-ethyl adjacent to an activating group) is 2. The van der Waals surface area contributed by atoms with Crippen molar-refractivity contribution in [3.8, 4) is 0 Å². The highest BCUT2D eigenvalue weighted by Gasteiger charge is 2.26. The van der Waals surface area contributed by atoms with E-state index in [0.29, 0.717) is 12.5 Å². The van der Waals surface area contributed by atoms with Crippen LogP contribution in [0, 0.1) is 5.82 Å². The number of nitrogens with zero attached hydrogens (tertiary/aromatic N) is 2. The highest BCUT2D eigenvalue weighted by molar-refractivity contribution is 6.30. The van der Waals surface area contributed by atoms with Crippen molar-refractivity contribution in [3.05, 3.63) is 34.6 Å². The Kier molecular flexibility index (Phi) is 5.38. The molecule has 0 bridgehead atoms. The van der Waals surface area contributed by atoms with E-state index < -0.39 is 0 Å². The number of rotatable bonds is 3. The van der Waals surface area contributed by atoms with Gasteiger partial charge in [-0.3, -0.25) is 0 Å². The Labute approximate surface area is 125 Å². The molecule has 2 rings (SSSR count). The molecule has 0 spiro atoms. The average Bonchev–Trinajstić information content (AvgIpc) is 2.56. The molecule has 0 radical (unpaired) electrons. The molecule has 1 aromatic rings. The summed E-state index contributed by atoms with van der Waals surface area (Å²) in [4.78, 5) is 4.64. The van der Waals surface area contributed by atoms with Crippen molar-refractivity contribution in [2.75, 3.05) is 33.7 Å². The van der Waals surface area contributed by atoms with Gasteiger partial charge in [-0.25, -0.2) is 4.39 Å². The van der Waals surface area contributed by atoms with E-state index in [1.54, 1.807) is 6.07 Å². The van der Waals surface area contributed by atoms with E-state index in [1.807, 2.05) is 6.07 Å². The highest BCUT2D eigenvalue weighted by Crippen LogP contribution is 2.18. The Hall–Kier alpha value is -0.680. The van der Waals surface area contributed by atoms with Gasteiger partial charge in [0.05, 0.1) is 5.02 Å². The maximum absolute atomic E-state index is 13.5. The van der Waals surface area contributed by atoms with Gasteiger partial charge < -0.3 is 15.5 Å². The Morgan fingerprint density at radius 2 is 2.15 bits per heavy atom. The molecular formula is C15H23ClFN3. The smallest absolute Gasteiger partial charge is 0.142 e. The van der Waals surface area contributed by atoms with Crippen LogP contribution in [0.25, 0.3) is 0 Å². The summed E-state index contributed by atoms with van der Waals surface area (Å²) in [5.74, 6) is -0.372. The first-order valence-corrected chi connectivity index (χ1v) is 7.43. The highest BCUT2D eigenvalue weighted by atomic mass is 35.5. The van der Waals surface area contributed by atoms with Crippen LogP contribution in [0.3, 0.4) is 0 Å². The first kappa shape index (κ1) is 15.7. The van der Waals surface area contributed by atoms with Crippen molar-refractivity contribution in [3.63, 3.8) is 0 Å². The standard InChI is InChI=1S/C15H23ClFN3/c1-19-6-3-7-20(2)15(10-19)14(18)9-11-4-5-12(16)13(17)8-11/h4-5,8,14-15H,3,6-7,9-10,18H2,1-2H3. The minimum Gasteiger partial charge on any atom is -0.326 e. The summed E-state index contributed by atoms with van der Waals surface area (Å²) in [5, 5.41) is 0.161. The van der Waals surface area contributed by atoms with Crippen LogP contribution in [0.5, 0.6) is 0 Å². The maximum atomic E-state index is 13.5. The van der Waals surface area contributed by atoms with Gasteiger partial charge in [-0.2, -0.15) is 0 Å². The van der Waals surface area contributed by atoms with Crippen molar-refractivity contribution in [2.45, 2.75) is 24.9 Å². The third-order valence-electron chi connectivity index (χ3n) is 4.07. The van der Waals surface area contributed by atoms with Gasteiger partial charge in [0.25, 0.3) is 0 Å². The number of nitrogens with two attached hydrogens (primary N) is 1. The Morgan fingerprint density at radius 1 is 1.40 bits per heavy atom. The molecule has 1 heterocycles. The second-order valence-electron chi connectivity index (χ2n) is 5.78. The second kappa shape index (κ2) is 6.85. The normalized spacial score (nSPS) is 23.6. The Morgan fingerprint density at radius 3 is 2.85 bits per heavy atom. The fourth-order valence-electron chi connectivity index (χ4n) is 2.84. The summed E-state index contributed by atoms with van der Waals surface area (Å²) in [6, 6.07) is 5.22. The number of hydrogen-bond acceptors (Lipinski definition) is 3. The van der Waals surface area contributed by atoms with Crippen LogP contribution in [0.15, 0.2) is 18.2 Å². The SMILES string of the molecule is CN1CCCN(C)C(C(N)Cc2ccc(Cl)c(F)c2)C1. The molecule has 1 aromatic carbocycles. The zero-order valence-corrected chi connectivity index (χ0v) is 12.9. The van der Waals surface area contributed by atoms with Crippen LogP contribution in [-0.4, -0.2) is 55.6 Å². The largest absolute Gasteiger partial charge is 0.326 e. The molecule has 112 valence electrons. The molecule has 0 amide bonds. The average molecular weight is 300 g/mol. The molecule has 0 aliphatic carbocycles. The van der Waals surface area contributed by atoms with Gasteiger partial charge in [0, 0.05) is 18.6 Å². The molecule has 1 fully saturated rings. The second-order valence-corrected chi connectivity index (χ2v) is 6.19. The zero-order chi connectivity index (χ0) is 14.7. The van der Waals surface area contributed by atoms with Gasteiger partial charge in [-0.05, 0) is 57.7 Å². The van der Waals surface area contributed by atoms with Gasteiger partial charge in [0.2, 0.25) is 0 Å². The van der Waals surface area contributed by atoms with E-state index in [4.69, 9.17) is 17.3 Å². The number of benzene rings is 1. The molecule has 3 nitrogen and oxygen atoms in total. The summed E-state index contributed by atoms with van der Waals surface area (Å²) in [6.07, 6.45) is 1.82. The first-order chi connectivity index (χ1) is 9.47. The van der Waals surface area contributed by atoms with E-state index >= 15 is 0 Å². The van der Waals surface area contributed by atoms with Crippen LogP contribution >= 0.6 is 11.6 Å². The lowest BCUT2D eigenvalue weighted by molar-refractivity contribution is 0.195. The lowest BCUT2D eigenvalue weighted by atomic mass is 9.99. The van der Waals surface area contributed by atoms with Crippen molar-refractivity contribution in [1.82, 2.24) is 9.80 Å². The Balaban J connectivity index is 2.05. The fraction of sp³-hybridized carbons (Fsp3) is 0.600. The van der Waals surface area contributed by atoms with Gasteiger partial charge in [-0.15, -0.1) is 0 Å². The molecule has 0 aromatic heterocycles. The summed E-state index contributed by atoms with van der Waals surface area (Å²) < 4.78 is 13.5. The van der Waals surface area contributed by atoms with Crippen LogP contribution in [-0.2, 0) is 6.42 Å². The summed E-state index contributed by atoms with van der Waals surface area (Å²) in [7, 11) is 4.24. The predicted octanol–water partition coefficient (Wildman–Crippen LogP) is 1.98. The molecule has 0 saturated carbocycles. The quantitative estimate of drug-likeness (QED) is 0.926. The summed E-state index contributed by atoms with van der Waals surface area (Å²) in [6.45, 7) is 3.11. The van der Waals surface area contributed by atoms with Crippen LogP contribution in [0.4, 0.5) is 4.39 Å².